The molecule has 1 aromatic rings. The molecule has 114 valence electrons. The highest BCUT2D eigenvalue weighted by atomic mass is 35.5. The minimum absolute atomic E-state index is 0.00254. The van der Waals surface area contributed by atoms with Gasteiger partial charge in [0.25, 0.3) is 5.91 Å². The predicted octanol–water partition coefficient (Wildman–Crippen LogP) is 3.38. The van der Waals surface area contributed by atoms with E-state index in [0.29, 0.717) is 5.02 Å². The number of nitrogens with one attached hydrogen (secondary N) is 1. The summed E-state index contributed by atoms with van der Waals surface area (Å²) in [7, 11) is 0. The molecule has 0 bridgehead atoms. The van der Waals surface area contributed by atoms with Crippen molar-refractivity contribution in [1.29, 1.82) is 0 Å². The fraction of sp³-hybridized carbons (Fsp3) is 0.500. The molecule has 2 amide bonds. The second kappa shape index (κ2) is 6.48. The number of nitrogens with zero attached hydrogens (tertiary/aromatic N) is 1. The van der Waals surface area contributed by atoms with Gasteiger partial charge in [0.15, 0.2) is 0 Å². The van der Waals surface area contributed by atoms with Gasteiger partial charge in [-0.05, 0) is 37.5 Å². The number of carbonyl (C=O) groups excluding carboxylic acids is 2. The van der Waals surface area contributed by atoms with Crippen molar-refractivity contribution in [1.82, 2.24) is 4.90 Å². The van der Waals surface area contributed by atoms with Crippen molar-refractivity contribution in [3.63, 3.8) is 0 Å². The zero-order valence-corrected chi connectivity index (χ0v) is 13.4. The Morgan fingerprint density at radius 2 is 2.00 bits per heavy atom. The Labute approximate surface area is 130 Å². The maximum Gasteiger partial charge on any atom is 0.252 e. The molecule has 1 unspecified atom stereocenters. The summed E-state index contributed by atoms with van der Waals surface area (Å²) in [4.78, 5) is 26.0. The fourth-order valence-corrected chi connectivity index (χ4v) is 2.91. The van der Waals surface area contributed by atoms with Crippen molar-refractivity contribution in [3.05, 3.63) is 28.8 Å². The molecule has 1 aliphatic rings. The zero-order chi connectivity index (χ0) is 15.6. The van der Waals surface area contributed by atoms with E-state index in [4.69, 9.17) is 11.6 Å². The van der Waals surface area contributed by atoms with Crippen LogP contribution in [-0.2, 0) is 9.59 Å². The average Bonchev–Trinajstić information content (AvgIpc) is 2.72. The molecular formula is C16H21ClN2O2. The Balaban J connectivity index is 2.17. The minimum Gasteiger partial charge on any atom is -0.373 e. The first-order valence-corrected chi connectivity index (χ1v) is 7.74. The van der Waals surface area contributed by atoms with Crippen molar-refractivity contribution in [2.45, 2.75) is 52.1 Å². The zero-order valence-electron chi connectivity index (χ0n) is 12.6. The number of aryl methyl sites for hydroxylation is 1. The Morgan fingerprint density at radius 1 is 1.33 bits per heavy atom. The van der Waals surface area contributed by atoms with E-state index >= 15 is 0 Å². The minimum atomic E-state index is -0.490. The Bertz CT molecular complexity index is 555. The normalized spacial score (nSPS) is 18.7. The van der Waals surface area contributed by atoms with Crippen LogP contribution in [-0.4, -0.2) is 28.8 Å². The van der Waals surface area contributed by atoms with Gasteiger partial charge in [0.1, 0.15) is 6.04 Å². The molecule has 5 heteroatoms. The number of rotatable bonds is 5. The molecule has 0 spiro atoms. The molecule has 0 radical (unpaired) electrons. The van der Waals surface area contributed by atoms with Crippen LogP contribution in [0.1, 0.15) is 38.7 Å². The number of hydrogen-bond donors (Lipinski definition) is 1. The van der Waals surface area contributed by atoms with E-state index in [1.54, 1.807) is 12.1 Å². The molecule has 1 N–H and O–H groups in total. The summed E-state index contributed by atoms with van der Waals surface area (Å²) in [5.74, 6) is -0.223. The number of imide groups is 1. The lowest BCUT2D eigenvalue weighted by Gasteiger charge is -2.24. The molecule has 1 aliphatic heterocycles. The molecule has 0 aliphatic carbocycles. The van der Waals surface area contributed by atoms with Gasteiger partial charge in [0.2, 0.25) is 5.91 Å². The van der Waals surface area contributed by atoms with E-state index in [2.05, 4.69) is 5.32 Å². The number of carbonyl (C=O) groups is 2. The molecule has 1 aromatic carbocycles. The van der Waals surface area contributed by atoms with Gasteiger partial charge < -0.3 is 5.32 Å². The smallest absolute Gasteiger partial charge is 0.252 e. The second-order valence-corrected chi connectivity index (χ2v) is 5.87. The molecular weight excluding hydrogens is 288 g/mol. The van der Waals surface area contributed by atoms with Crippen LogP contribution in [0.4, 0.5) is 5.69 Å². The summed E-state index contributed by atoms with van der Waals surface area (Å²) in [5.41, 5.74) is 1.81. The molecule has 1 heterocycles. The Kier molecular flexibility index (Phi) is 4.88. The molecule has 4 nitrogen and oxygen atoms in total. The topological polar surface area (TPSA) is 49.4 Å². The summed E-state index contributed by atoms with van der Waals surface area (Å²) >= 11 is 5.99. The van der Waals surface area contributed by atoms with Gasteiger partial charge in [0, 0.05) is 16.8 Å². The lowest BCUT2D eigenvalue weighted by Crippen LogP contribution is -2.41. The van der Waals surface area contributed by atoms with Crippen molar-refractivity contribution in [3.8, 4) is 0 Å². The quantitative estimate of drug-likeness (QED) is 0.848. The summed E-state index contributed by atoms with van der Waals surface area (Å²) in [5, 5.41) is 3.77. The van der Waals surface area contributed by atoms with E-state index in [1.165, 1.54) is 4.90 Å². The third-order valence-electron chi connectivity index (χ3n) is 4.02. The summed E-state index contributed by atoms with van der Waals surface area (Å²) in [6.45, 7) is 5.94. The van der Waals surface area contributed by atoms with E-state index in [-0.39, 0.29) is 24.3 Å². The van der Waals surface area contributed by atoms with Crippen molar-refractivity contribution in [2.75, 3.05) is 5.32 Å². The van der Waals surface area contributed by atoms with Gasteiger partial charge in [-0.2, -0.15) is 0 Å². The second-order valence-electron chi connectivity index (χ2n) is 5.43. The number of anilines is 1. The first-order valence-electron chi connectivity index (χ1n) is 7.36. The van der Waals surface area contributed by atoms with Crippen LogP contribution in [0.15, 0.2) is 18.2 Å². The van der Waals surface area contributed by atoms with E-state index in [9.17, 15) is 9.59 Å². The van der Waals surface area contributed by atoms with Gasteiger partial charge in [-0.1, -0.05) is 31.5 Å². The van der Waals surface area contributed by atoms with Gasteiger partial charge in [-0.15, -0.1) is 0 Å². The van der Waals surface area contributed by atoms with Gasteiger partial charge in [0.05, 0.1) is 6.42 Å². The van der Waals surface area contributed by atoms with Crippen LogP contribution in [0.2, 0.25) is 5.02 Å². The van der Waals surface area contributed by atoms with Crippen LogP contribution in [0.25, 0.3) is 0 Å². The number of hydrogen-bond acceptors (Lipinski definition) is 3. The predicted molar refractivity (Wildman–Crippen MR) is 84.4 cm³/mol. The van der Waals surface area contributed by atoms with Crippen LogP contribution in [0.3, 0.4) is 0 Å². The lowest BCUT2D eigenvalue weighted by molar-refractivity contribution is -0.141. The molecule has 1 fully saturated rings. The van der Waals surface area contributed by atoms with Gasteiger partial charge in [-0.3, -0.25) is 14.5 Å². The summed E-state index contributed by atoms with van der Waals surface area (Å²) in [6.07, 6.45) is 1.79. The van der Waals surface area contributed by atoms with Crippen molar-refractivity contribution >= 4 is 29.1 Å². The monoisotopic (exact) mass is 308 g/mol. The highest BCUT2D eigenvalue weighted by Crippen LogP contribution is 2.26. The summed E-state index contributed by atoms with van der Waals surface area (Å²) in [6, 6.07) is 4.99. The number of benzene rings is 1. The maximum absolute atomic E-state index is 12.5. The Morgan fingerprint density at radius 3 is 2.62 bits per heavy atom. The van der Waals surface area contributed by atoms with Crippen LogP contribution in [0, 0.1) is 6.92 Å². The highest BCUT2D eigenvalue weighted by molar-refractivity contribution is 6.30. The van der Waals surface area contributed by atoms with Crippen molar-refractivity contribution in [2.24, 2.45) is 0 Å². The average molecular weight is 309 g/mol. The summed E-state index contributed by atoms with van der Waals surface area (Å²) < 4.78 is 0. The first kappa shape index (κ1) is 15.8. The third kappa shape index (κ3) is 3.21. The number of likely N-dealkylation sites (tertiary alicyclic amines) is 1. The van der Waals surface area contributed by atoms with E-state index in [1.807, 2.05) is 26.8 Å². The van der Waals surface area contributed by atoms with Gasteiger partial charge >= 0.3 is 0 Å². The number of halogens is 1. The van der Waals surface area contributed by atoms with Crippen molar-refractivity contribution < 1.29 is 9.59 Å². The van der Waals surface area contributed by atoms with Crippen LogP contribution >= 0.6 is 11.6 Å². The SMILES string of the molecule is CCC(CC)N1C(=O)CC(Nc2cc(Cl)ccc2C)C1=O. The molecule has 0 saturated carbocycles. The Hall–Kier alpha value is -1.55. The van der Waals surface area contributed by atoms with Crippen LogP contribution in [0.5, 0.6) is 0 Å². The standard InChI is InChI=1S/C16H21ClN2O2/c1-4-12(5-2)19-15(20)9-14(16(19)21)18-13-8-11(17)7-6-10(13)3/h6-8,12,14,18H,4-5,9H2,1-3H3. The third-order valence-corrected chi connectivity index (χ3v) is 4.26. The van der Waals surface area contributed by atoms with Gasteiger partial charge in [-0.25, -0.2) is 0 Å². The lowest BCUT2D eigenvalue weighted by atomic mass is 10.1. The molecule has 1 atom stereocenters. The highest BCUT2D eigenvalue weighted by Gasteiger charge is 2.41. The van der Waals surface area contributed by atoms with Crippen LogP contribution < -0.4 is 5.32 Å². The largest absolute Gasteiger partial charge is 0.373 e. The molecule has 1 saturated heterocycles. The molecule has 2 rings (SSSR count). The van der Waals surface area contributed by atoms with E-state index < -0.39 is 6.04 Å². The first-order chi connectivity index (χ1) is 9.97. The van der Waals surface area contributed by atoms with E-state index in [0.717, 1.165) is 24.1 Å². The molecule has 21 heavy (non-hydrogen) atoms. The fourth-order valence-electron chi connectivity index (χ4n) is 2.74. The number of amides is 2. The maximum atomic E-state index is 12.5. The molecule has 0 aromatic heterocycles.